The fourth-order valence-corrected chi connectivity index (χ4v) is 3.77. The van der Waals surface area contributed by atoms with Crippen molar-refractivity contribution in [1.29, 1.82) is 0 Å². The molecule has 2 bridgehead atoms. The number of imidazole rings is 1. The smallest absolute Gasteiger partial charge is 0.251 e. The first-order chi connectivity index (χ1) is 13.1. The molecular formula is C19H23N5O3. The highest BCUT2D eigenvalue weighted by molar-refractivity contribution is 5.94. The van der Waals surface area contributed by atoms with Crippen molar-refractivity contribution in [2.75, 3.05) is 25.0 Å². The maximum Gasteiger partial charge on any atom is 0.251 e. The minimum Gasteiger partial charge on any atom is -0.439 e. The van der Waals surface area contributed by atoms with Crippen molar-refractivity contribution >= 4 is 17.8 Å². The van der Waals surface area contributed by atoms with Crippen molar-refractivity contribution in [2.45, 2.75) is 25.8 Å². The van der Waals surface area contributed by atoms with Crippen LogP contribution in [0.15, 0.2) is 30.5 Å². The predicted octanol–water partition coefficient (Wildman–Crippen LogP) is 1.98. The van der Waals surface area contributed by atoms with Gasteiger partial charge in [-0.1, -0.05) is 0 Å². The molecule has 8 heteroatoms. The Morgan fingerprint density at radius 2 is 1.96 bits per heavy atom. The number of rotatable bonds is 5. The van der Waals surface area contributed by atoms with E-state index >= 15 is 0 Å². The van der Waals surface area contributed by atoms with Gasteiger partial charge >= 0.3 is 0 Å². The zero-order chi connectivity index (χ0) is 18.8. The number of ether oxygens (including phenoxy) is 1. The zero-order valence-electron chi connectivity index (χ0n) is 15.2. The maximum atomic E-state index is 12.5. The molecular weight excluding hydrogens is 346 g/mol. The predicted molar refractivity (Wildman–Crippen MR) is 99.8 cm³/mol. The Bertz CT molecular complexity index is 824. The molecule has 0 aliphatic carbocycles. The van der Waals surface area contributed by atoms with Crippen molar-refractivity contribution in [1.82, 2.24) is 20.2 Å². The van der Waals surface area contributed by atoms with E-state index in [1.54, 1.807) is 24.3 Å². The van der Waals surface area contributed by atoms with Crippen LogP contribution in [0.1, 0.15) is 30.1 Å². The summed E-state index contributed by atoms with van der Waals surface area (Å²) in [6.45, 7) is 4.66. The van der Waals surface area contributed by atoms with E-state index in [2.05, 4.69) is 25.5 Å². The molecule has 1 aromatic carbocycles. The average Bonchev–Trinajstić information content (AvgIpc) is 3.09. The van der Waals surface area contributed by atoms with E-state index in [0.717, 1.165) is 19.6 Å². The third kappa shape index (κ3) is 4.11. The van der Waals surface area contributed by atoms with E-state index in [-0.39, 0.29) is 17.9 Å². The normalized spacial score (nSPS) is 23.7. The number of benzene rings is 1. The maximum absolute atomic E-state index is 12.5. The third-order valence-electron chi connectivity index (χ3n) is 5.16. The first kappa shape index (κ1) is 17.5. The highest BCUT2D eigenvalue weighted by Crippen LogP contribution is 2.28. The lowest BCUT2D eigenvalue weighted by molar-refractivity contribution is -0.114. The average molecular weight is 369 g/mol. The Morgan fingerprint density at radius 3 is 2.59 bits per heavy atom. The van der Waals surface area contributed by atoms with Crippen LogP contribution in [0.25, 0.3) is 0 Å². The number of nitrogens with zero attached hydrogens (tertiary/aromatic N) is 2. The minimum absolute atomic E-state index is 0.0465. The van der Waals surface area contributed by atoms with Crippen LogP contribution in [0.2, 0.25) is 0 Å². The summed E-state index contributed by atoms with van der Waals surface area (Å²) < 4.78 is 5.66. The van der Waals surface area contributed by atoms with E-state index in [4.69, 9.17) is 4.74 Å². The second-order valence-corrected chi connectivity index (χ2v) is 7.12. The first-order valence-electron chi connectivity index (χ1n) is 9.20. The van der Waals surface area contributed by atoms with Crippen LogP contribution in [0, 0.1) is 5.92 Å². The molecule has 8 nitrogen and oxygen atoms in total. The van der Waals surface area contributed by atoms with E-state index < -0.39 is 0 Å². The SMILES string of the molecule is CC(=O)Nc1ncc(Oc2ccc(C(=O)N[C@H]3CN4CCC3CC4)cc2)[nH]1. The molecule has 0 radical (unpaired) electrons. The molecule has 142 valence electrons. The highest BCUT2D eigenvalue weighted by atomic mass is 16.5. The summed E-state index contributed by atoms with van der Waals surface area (Å²) in [7, 11) is 0. The van der Waals surface area contributed by atoms with Gasteiger partial charge in [-0.2, -0.15) is 0 Å². The number of carbonyl (C=O) groups is 2. The molecule has 5 rings (SSSR count). The van der Waals surface area contributed by atoms with Gasteiger partial charge in [-0.25, -0.2) is 4.98 Å². The van der Waals surface area contributed by atoms with Gasteiger partial charge in [-0.05, 0) is 56.1 Å². The fraction of sp³-hybridized carbons (Fsp3) is 0.421. The van der Waals surface area contributed by atoms with Crippen molar-refractivity contribution < 1.29 is 14.3 Å². The lowest BCUT2D eigenvalue weighted by Gasteiger charge is -2.44. The molecule has 1 atom stereocenters. The summed E-state index contributed by atoms with van der Waals surface area (Å²) in [5, 5.41) is 5.72. The number of piperidine rings is 3. The number of nitrogens with one attached hydrogen (secondary N) is 3. The van der Waals surface area contributed by atoms with Crippen molar-refractivity contribution in [3.05, 3.63) is 36.0 Å². The van der Waals surface area contributed by atoms with Gasteiger partial charge in [-0.3, -0.25) is 19.9 Å². The molecule has 3 aliphatic heterocycles. The lowest BCUT2D eigenvalue weighted by atomic mass is 9.84. The summed E-state index contributed by atoms with van der Waals surface area (Å²) >= 11 is 0. The van der Waals surface area contributed by atoms with Gasteiger partial charge in [0.25, 0.3) is 5.91 Å². The zero-order valence-corrected chi connectivity index (χ0v) is 15.2. The van der Waals surface area contributed by atoms with Crippen molar-refractivity contribution in [3.63, 3.8) is 0 Å². The number of fused-ring (bicyclic) bond motifs is 3. The summed E-state index contributed by atoms with van der Waals surface area (Å²) in [6, 6.07) is 7.22. The second kappa shape index (κ2) is 7.40. The van der Waals surface area contributed by atoms with Crippen LogP contribution >= 0.6 is 0 Å². The summed E-state index contributed by atoms with van der Waals surface area (Å²) in [5.41, 5.74) is 0.613. The second-order valence-electron chi connectivity index (χ2n) is 7.12. The first-order valence-corrected chi connectivity index (χ1v) is 9.20. The minimum atomic E-state index is -0.214. The van der Waals surface area contributed by atoms with Crippen LogP contribution in [0.5, 0.6) is 11.6 Å². The number of amides is 2. The van der Waals surface area contributed by atoms with E-state index in [1.165, 1.54) is 26.0 Å². The molecule has 0 unspecified atom stereocenters. The quantitative estimate of drug-likeness (QED) is 0.748. The Morgan fingerprint density at radius 1 is 1.22 bits per heavy atom. The van der Waals surface area contributed by atoms with Gasteiger partial charge in [0.2, 0.25) is 17.7 Å². The molecule has 4 heterocycles. The van der Waals surface area contributed by atoms with Crippen LogP contribution in [0.3, 0.4) is 0 Å². The van der Waals surface area contributed by atoms with E-state index in [0.29, 0.717) is 29.1 Å². The fourth-order valence-electron chi connectivity index (χ4n) is 3.77. The number of hydrogen-bond acceptors (Lipinski definition) is 5. The largest absolute Gasteiger partial charge is 0.439 e. The van der Waals surface area contributed by atoms with E-state index in [9.17, 15) is 9.59 Å². The van der Waals surface area contributed by atoms with Crippen LogP contribution in [0.4, 0.5) is 5.95 Å². The molecule has 3 N–H and O–H groups in total. The van der Waals surface area contributed by atoms with Gasteiger partial charge in [0, 0.05) is 25.1 Å². The molecule has 3 aliphatic rings. The van der Waals surface area contributed by atoms with Gasteiger partial charge in [0.1, 0.15) is 5.75 Å². The van der Waals surface area contributed by atoms with Crippen LogP contribution < -0.4 is 15.4 Å². The number of aromatic nitrogens is 2. The summed E-state index contributed by atoms with van der Waals surface area (Å²) in [6.07, 6.45) is 3.82. The number of H-pyrrole nitrogens is 1. The Hall–Kier alpha value is -2.87. The molecule has 3 fully saturated rings. The van der Waals surface area contributed by atoms with Gasteiger partial charge in [0.05, 0.1) is 6.20 Å². The monoisotopic (exact) mass is 369 g/mol. The molecule has 0 spiro atoms. The molecule has 27 heavy (non-hydrogen) atoms. The standard InChI is InChI=1S/C19H23N5O3/c1-12(25)21-19-20-10-17(23-19)27-15-4-2-14(3-5-15)18(26)22-16-11-24-8-6-13(16)7-9-24/h2-5,10,13,16H,6-9,11H2,1H3,(H,22,26)(H2,20,21,23,25)/t16-/m0/s1. The molecule has 3 saturated heterocycles. The topological polar surface area (TPSA) is 99.3 Å². The Labute approximate surface area is 157 Å². The van der Waals surface area contributed by atoms with Crippen molar-refractivity contribution in [2.24, 2.45) is 5.92 Å². The van der Waals surface area contributed by atoms with Gasteiger partial charge in [-0.15, -0.1) is 0 Å². The highest BCUT2D eigenvalue weighted by Gasteiger charge is 2.34. The number of carbonyl (C=O) groups excluding carboxylic acids is 2. The number of aromatic amines is 1. The number of hydrogen-bond donors (Lipinski definition) is 3. The number of anilines is 1. The van der Waals surface area contributed by atoms with Gasteiger partial charge in [0.15, 0.2) is 0 Å². The molecule has 2 aromatic rings. The summed E-state index contributed by atoms with van der Waals surface area (Å²) in [5.74, 6) is 1.64. The van der Waals surface area contributed by atoms with Gasteiger partial charge < -0.3 is 15.0 Å². The third-order valence-corrected chi connectivity index (χ3v) is 5.16. The summed E-state index contributed by atoms with van der Waals surface area (Å²) in [4.78, 5) is 32.8. The Balaban J connectivity index is 1.35. The lowest BCUT2D eigenvalue weighted by Crippen LogP contribution is -2.57. The molecule has 2 amide bonds. The van der Waals surface area contributed by atoms with Crippen LogP contribution in [-0.4, -0.2) is 52.4 Å². The Kier molecular flexibility index (Phi) is 4.81. The van der Waals surface area contributed by atoms with Crippen LogP contribution in [-0.2, 0) is 4.79 Å². The molecule has 0 saturated carbocycles. The van der Waals surface area contributed by atoms with E-state index in [1.807, 2.05) is 0 Å². The van der Waals surface area contributed by atoms with Crippen molar-refractivity contribution in [3.8, 4) is 11.6 Å². The molecule has 1 aromatic heterocycles.